The average Bonchev–Trinajstić information content (AvgIpc) is 3.02. The van der Waals surface area contributed by atoms with Gasteiger partial charge in [0.05, 0.1) is 11.9 Å². The van der Waals surface area contributed by atoms with Crippen LogP contribution in [0.15, 0.2) is 41.4 Å². The Morgan fingerprint density at radius 1 is 1.33 bits per heavy atom. The number of carbonyl (C=O) groups is 1. The summed E-state index contributed by atoms with van der Waals surface area (Å²) in [6.45, 7) is 0.798. The van der Waals surface area contributed by atoms with Crippen LogP contribution in [0.25, 0.3) is 11.1 Å². The van der Waals surface area contributed by atoms with E-state index >= 15 is 0 Å². The van der Waals surface area contributed by atoms with Crippen LogP contribution in [0, 0.1) is 0 Å². The van der Waals surface area contributed by atoms with Gasteiger partial charge in [-0.2, -0.15) is 4.72 Å². The summed E-state index contributed by atoms with van der Waals surface area (Å²) in [6.07, 6.45) is 2.92. The zero-order valence-electron chi connectivity index (χ0n) is 12.6. The number of nitrogens with zero attached hydrogens (tertiary/aromatic N) is 2. The number of pyridine rings is 1. The van der Waals surface area contributed by atoms with Crippen LogP contribution < -0.4 is 9.62 Å². The van der Waals surface area contributed by atoms with E-state index < -0.39 is 16.0 Å². The molecule has 124 valence electrons. The molecule has 2 aromatic rings. The van der Waals surface area contributed by atoms with Crippen molar-refractivity contribution < 1.29 is 18.3 Å². The normalized spacial score (nSPS) is 21.2. The Bertz CT molecular complexity index is 942. The van der Waals surface area contributed by atoms with Gasteiger partial charge in [0, 0.05) is 18.3 Å². The molecule has 0 spiro atoms. The Morgan fingerprint density at radius 3 is 2.96 bits per heavy atom. The molecule has 0 aliphatic carbocycles. The van der Waals surface area contributed by atoms with E-state index in [1.807, 2.05) is 4.90 Å². The van der Waals surface area contributed by atoms with Crippen molar-refractivity contribution in [2.45, 2.75) is 23.9 Å². The molecule has 3 heterocycles. The molecular weight excluding hydrogens is 330 g/mol. The molecule has 1 aromatic carbocycles. The van der Waals surface area contributed by atoms with E-state index in [0.717, 1.165) is 19.4 Å². The van der Waals surface area contributed by atoms with Crippen LogP contribution in [0.3, 0.4) is 0 Å². The number of carboxylic acid groups (broad SMARTS) is 1. The van der Waals surface area contributed by atoms with Crippen molar-refractivity contribution in [3.8, 4) is 11.1 Å². The molecular formula is C16H15N3O4S. The average molecular weight is 345 g/mol. The van der Waals surface area contributed by atoms with E-state index in [4.69, 9.17) is 0 Å². The number of carboxylic acids is 1. The molecule has 0 radical (unpaired) electrons. The first-order valence-corrected chi connectivity index (χ1v) is 9.07. The highest BCUT2D eigenvalue weighted by Gasteiger charge is 2.37. The largest absolute Gasteiger partial charge is 0.476 e. The molecule has 2 aliphatic rings. The van der Waals surface area contributed by atoms with E-state index in [2.05, 4.69) is 9.71 Å². The predicted octanol–water partition coefficient (Wildman–Crippen LogP) is 1.67. The number of rotatable bonds is 2. The Hall–Kier alpha value is -2.45. The fourth-order valence-corrected chi connectivity index (χ4v) is 4.84. The maximum Gasteiger partial charge on any atom is 0.355 e. The van der Waals surface area contributed by atoms with E-state index in [9.17, 15) is 18.3 Å². The summed E-state index contributed by atoms with van der Waals surface area (Å²) in [7, 11) is -3.62. The Labute approximate surface area is 139 Å². The number of fused-ring (bicyclic) bond motifs is 3. The fourth-order valence-electron chi connectivity index (χ4n) is 3.36. The first-order valence-electron chi connectivity index (χ1n) is 7.59. The number of nitrogens with one attached hydrogen (secondary N) is 1. The van der Waals surface area contributed by atoms with Gasteiger partial charge < -0.3 is 10.0 Å². The summed E-state index contributed by atoms with van der Waals surface area (Å²) in [5.74, 6) is -1.15. The Balaban J connectivity index is 1.89. The monoisotopic (exact) mass is 345 g/mol. The number of aromatic carboxylic acids is 1. The maximum absolute atomic E-state index is 12.5. The van der Waals surface area contributed by atoms with Gasteiger partial charge in [0.1, 0.15) is 4.90 Å². The summed E-state index contributed by atoms with van der Waals surface area (Å²) >= 11 is 0. The van der Waals surface area contributed by atoms with Crippen molar-refractivity contribution in [3.05, 3.63) is 42.2 Å². The Kier molecular flexibility index (Phi) is 3.33. The molecule has 2 aliphatic heterocycles. The number of anilines is 1. The summed E-state index contributed by atoms with van der Waals surface area (Å²) in [4.78, 5) is 17.5. The molecule has 0 bridgehead atoms. The zero-order chi connectivity index (χ0) is 16.9. The first-order chi connectivity index (χ1) is 11.5. The minimum atomic E-state index is -3.62. The number of hydrogen-bond donors (Lipinski definition) is 2. The highest BCUT2D eigenvalue weighted by atomic mass is 32.2. The number of benzene rings is 1. The van der Waals surface area contributed by atoms with E-state index in [0.29, 0.717) is 16.8 Å². The van der Waals surface area contributed by atoms with Gasteiger partial charge in [0.25, 0.3) is 0 Å². The molecule has 0 saturated carbocycles. The van der Waals surface area contributed by atoms with Gasteiger partial charge in [-0.1, -0.05) is 12.1 Å². The Morgan fingerprint density at radius 2 is 2.17 bits per heavy atom. The van der Waals surface area contributed by atoms with E-state index in [1.165, 1.54) is 12.3 Å². The van der Waals surface area contributed by atoms with Crippen LogP contribution in [0.5, 0.6) is 0 Å². The predicted molar refractivity (Wildman–Crippen MR) is 87.3 cm³/mol. The summed E-state index contributed by atoms with van der Waals surface area (Å²) in [6, 6.07) is 8.28. The second kappa shape index (κ2) is 5.29. The van der Waals surface area contributed by atoms with Crippen molar-refractivity contribution in [2.75, 3.05) is 11.4 Å². The molecule has 1 aromatic heterocycles. The van der Waals surface area contributed by atoms with Gasteiger partial charge in [-0.25, -0.2) is 18.2 Å². The molecule has 1 fully saturated rings. The molecule has 4 rings (SSSR count). The number of aromatic nitrogens is 1. The zero-order valence-corrected chi connectivity index (χ0v) is 13.5. The third-order valence-electron chi connectivity index (χ3n) is 4.42. The lowest BCUT2D eigenvalue weighted by molar-refractivity contribution is 0.0691. The topological polar surface area (TPSA) is 99.6 Å². The fraction of sp³-hybridized carbons (Fsp3) is 0.250. The minimum Gasteiger partial charge on any atom is -0.476 e. The van der Waals surface area contributed by atoms with Gasteiger partial charge in [-0.3, -0.25) is 0 Å². The minimum absolute atomic E-state index is 0.0994. The van der Waals surface area contributed by atoms with Crippen LogP contribution >= 0.6 is 0 Å². The maximum atomic E-state index is 12.5. The van der Waals surface area contributed by atoms with Crippen LogP contribution in [0.4, 0.5) is 5.69 Å². The van der Waals surface area contributed by atoms with E-state index in [-0.39, 0.29) is 16.8 Å². The van der Waals surface area contributed by atoms with Crippen molar-refractivity contribution in [1.82, 2.24) is 9.71 Å². The van der Waals surface area contributed by atoms with Crippen LogP contribution in [0.2, 0.25) is 0 Å². The summed E-state index contributed by atoms with van der Waals surface area (Å²) in [5.41, 5.74) is 1.48. The number of hydrogen-bond acceptors (Lipinski definition) is 5. The lowest BCUT2D eigenvalue weighted by Crippen LogP contribution is -2.48. The van der Waals surface area contributed by atoms with Crippen molar-refractivity contribution in [2.24, 2.45) is 0 Å². The lowest BCUT2D eigenvalue weighted by atomic mass is 10.0. The standard InChI is InChI=1S/C16H15N3O4S/c20-16(21)15-11(3-1-7-17-15)10-5-6-12-13(9-10)24(22,23)18-14-4-2-8-19(12)14/h1,3,5-7,9,14,18H,2,4,8H2,(H,20,21). The second-order valence-electron chi connectivity index (χ2n) is 5.86. The molecule has 7 nitrogen and oxygen atoms in total. The van der Waals surface area contributed by atoms with Gasteiger partial charge in [0.15, 0.2) is 5.69 Å². The van der Waals surface area contributed by atoms with Gasteiger partial charge in [-0.15, -0.1) is 0 Å². The summed E-state index contributed by atoms with van der Waals surface area (Å²) in [5, 5.41) is 9.29. The van der Waals surface area contributed by atoms with Crippen molar-refractivity contribution >= 4 is 21.7 Å². The smallest absolute Gasteiger partial charge is 0.355 e. The number of sulfonamides is 1. The molecule has 1 saturated heterocycles. The summed E-state index contributed by atoms with van der Waals surface area (Å²) < 4.78 is 27.8. The highest BCUT2D eigenvalue weighted by molar-refractivity contribution is 7.89. The third-order valence-corrected chi connectivity index (χ3v) is 5.91. The molecule has 2 N–H and O–H groups in total. The first kappa shape index (κ1) is 15.1. The van der Waals surface area contributed by atoms with E-state index in [1.54, 1.807) is 24.3 Å². The quantitative estimate of drug-likeness (QED) is 0.859. The highest BCUT2D eigenvalue weighted by Crippen LogP contribution is 2.38. The van der Waals surface area contributed by atoms with Crippen molar-refractivity contribution in [3.63, 3.8) is 0 Å². The van der Waals surface area contributed by atoms with Gasteiger partial charge in [-0.05, 0) is 36.6 Å². The SMILES string of the molecule is O=C(O)c1ncccc1-c1ccc2c(c1)S(=O)(=O)NC1CCCN21. The van der Waals surface area contributed by atoms with Crippen LogP contribution in [0.1, 0.15) is 23.3 Å². The lowest BCUT2D eigenvalue weighted by Gasteiger charge is -2.34. The third kappa shape index (κ3) is 2.26. The molecule has 24 heavy (non-hydrogen) atoms. The van der Waals surface area contributed by atoms with Crippen LogP contribution in [-0.2, 0) is 10.0 Å². The van der Waals surface area contributed by atoms with Gasteiger partial charge in [0.2, 0.25) is 10.0 Å². The molecule has 1 atom stereocenters. The van der Waals surface area contributed by atoms with Crippen LogP contribution in [-0.4, -0.2) is 37.2 Å². The molecule has 0 amide bonds. The van der Waals surface area contributed by atoms with Gasteiger partial charge >= 0.3 is 5.97 Å². The molecule has 1 unspecified atom stereocenters. The van der Waals surface area contributed by atoms with Crippen molar-refractivity contribution in [1.29, 1.82) is 0 Å². The molecule has 8 heteroatoms. The second-order valence-corrected chi connectivity index (χ2v) is 7.54.